The predicted octanol–water partition coefficient (Wildman–Crippen LogP) is 2.73. The molecule has 1 aromatic carbocycles. The summed E-state index contributed by atoms with van der Waals surface area (Å²) in [4.78, 5) is 16.1. The smallest absolute Gasteiger partial charge is 0.249 e. The Morgan fingerprint density at radius 2 is 2.05 bits per heavy atom. The Morgan fingerprint density at radius 1 is 1.37 bits per heavy atom. The molecule has 0 spiro atoms. The van der Waals surface area contributed by atoms with E-state index < -0.39 is 0 Å². The Bertz CT molecular complexity index is 578. The van der Waals surface area contributed by atoms with Gasteiger partial charge in [-0.15, -0.1) is 5.10 Å². The summed E-state index contributed by atoms with van der Waals surface area (Å²) in [7, 11) is 1.62. The Labute approximate surface area is 116 Å². The number of benzene rings is 1. The fraction of sp³-hybridized carbons (Fsp3) is 0.308. The van der Waals surface area contributed by atoms with Crippen molar-refractivity contribution in [2.24, 2.45) is 0 Å². The minimum atomic E-state index is -0.0587. The molecule has 0 aliphatic rings. The van der Waals surface area contributed by atoms with Gasteiger partial charge in [0.2, 0.25) is 5.91 Å². The van der Waals surface area contributed by atoms with Crippen molar-refractivity contribution in [2.75, 3.05) is 13.4 Å². The number of carbonyl (C=O) groups excluding carboxylic acids is 1. The van der Waals surface area contributed by atoms with Gasteiger partial charge in [-0.1, -0.05) is 18.7 Å². The summed E-state index contributed by atoms with van der Waals surface area (Å²) in [6, 6.07) is 7.44. The van der Waals surface area contributed by atoms with E-state index in [1.54, 1.807) is 14.0 Å². The summed E-state index contributed by atoms with van der Waals surface area (Å²) in [6.45, 7) is 1.81. The topological polar surface area (TPSA) is 57.0 Å². The lowest BCUT2D eigenvalue weighted by molar-refractivity contribution is 0.0881. The van der Waals surface area contributed by atoms with Crippen LogP contribution in [0.1, 0.15) is 18.1 Å². The monoisotopic (exact) mass is 277 g/mol. The fourth-order valence-electron chi connectivity index (χ4n) is 1.60. The molecule has 0 radical (unpaired) electrons. The van der Waals surface area contributed by atoms with Gasteiger partial charge in [0.1, 0.15) is 5.75 Å². The Balaban J connectivity index is 2.39. The first kappa shape index (κ1) is 13.6. The van der Waals surface area contributed by atoms with Crippen molar-refractivity contribution in [3.8, 4) is 17.1 Å². The molecule has 100 valence electrons. The third-order valence-corrected chi connectivity index (χ3v) is 3.28. The van der Waals surface area contributed by atoms with E-state index >= 15 is 0 Å². The standard InChI is InChI=1S/C13H15N3O2S/c1-4-11(17)16-13(19-3)14-12(15-16)9-5-7-10(18-2)8-6-9/h5-8H,4H2,1-3H3. The number of hydrogen-bond acceptors (Lipinski definition) is 5. The number of aromatic nitrogens is 3. The Kier molecular flexibility index (Phi) is 4.21. The molecule has 0 aliphatic heterocycles. The van der Waals surface area contributed by atoms with Gasteiger partial charge in [-0.3, -0.25) is 4.79 Å². The van der Waals surface area contributed by atoms with Crippen molar-refractivity contribution in [2.45, 2.75) is 18.5 Å². The second kappa shape index (κ2) is 5.88. The first-order valence-electron chi connectivity index (χ1n) is 5.88. The lowest BCUT2D eigenvalue weighted by Crippen LogP contribution is -2.11. The van der Waals surface area contributed by atoms with E-state index in [1.807, 2.05) is 30.5 Å². The van der Waals surface area contributed by atoms with Gasteiger partial charge < -0.3 is 4.74 Å². The van der Waals surface area contributed by atoms with Crippen LogP contribution >= 0.6 is 11.8 Å². The summed E-state index contributed by atoms with van der Waals surface area (Å²) in [5.41, 5.74) is 0.860. The third-order valence-electron chi connectivity index (χ3n) is 2.65. The van der Waals surface area contributed by atoms with Crippen LogP contribution < -0.4 is 4.74 Å². The van der Waals surface area contributed by atoms with E-state index in [2.05, 4.69) is 10.1 Å². The van der Waals surface area contributed by atoms with Crippen LogP contribution in [-0.4, -0.2) is 34.0 Å². The molecule has 19 heavy (non-hydrogen) atoms. The molecule has 0 fully saturated rings. The van der Waals surface area contributed by atoms with Crippen LogP contribution in [0.25, 0.3) is 11.4 Å². The molecule has 0 saturated carbocycles. The maximum Gasteiger partial charge on any atom is 0.249 e. The van der Waals surface area contributed by atoms with Crippen molar-refractivity contribution in [1.82, 2.24) is 14.8 Å². The summed E-state index contributed by atoms with van der Waals surface area (Å²) in [6.07, 6.45) is 2.28. The van der Waals surface area contributed by atoms with Crippen LogP contribution in [-0.2, 0) is 0 Å². The van der Waals surface area contributed by atoms with Gasteiger partial charge in [0.25, 0.3) is 0 Å². The van der Waals surface area contributed by atoms with Gasteiger partial charge >= 0.3 is 0 Å². The normalized spacial score (nSPS) is 10.5. The van der Waals surface area contributed by atoms with Gasteiger partial charge in [-0.05, 0) is 30.5 Å². The molecule has 5 nitrogen and oxygen atoms in total. The molecule has 0 bridgehead atoms. The third kappa shape index (κ3) is 2.78. The molecule has 2 rings (SSSR count). The number of hydrogen-bond donors (Lipinski definition) is 0. The van der Waals surface area contributed by atoms with Crippen molar-refractivity contribution in [3.05, 3.63) is 24.3 Å². The van der Waals surface area contributed by atoms with Gasteiger partial charge in [0, 0.05) is 12.0 Å². The zero-order chi connectivity index (χ0) is 13.8. The van der Waals surface area contributed by atoms with E-state index in [-0.39, 0.29) is 5.91 Å². The quantitative estimate of drug-likeness (QED) is 0.804. The maximum absolute atomic E-state index is 11.8. The number of carbonyl (C=O) groups is 1. The lowest BCUT2D eigenvalue weighted by Gasteiger charge is -1.99. The molecule has 0 atom stereocenters. The zero-order valence-electron chi connectivity index (χ0n) is 11.1. The molecule has 0 aliphatic carbocycles. The molecule has 0 amide bonds. The predicted molar refractivity (Wildman–Crippen MR) is 74.7 cm³/mol. The number of ether oxygens (including phenoxy) is 1. The van der Waals surface area contributed by atoms with Gasteiger partial charge in [0.05, 0.1) is 7.11 Å². The molecule has 6 heteroatoms. The minimum Gasteiger partial charge on any atom is -0.497 e. The molecule has 0 unspecified atom stereocenters. The first-order chi connectivity index (χ1) is 9.19. The summed E-state index contributed by atoms with van der Waals surface area (Å²) in [5.74, 6) is 1.27. The van der Waals surface area contributed by atoms with Crippen LogP contribution in [0.4, 0.5) is 0 Å². The first-order valence-corrected chi connectivity index (χ1v) is 7.10. The molecule has 1 aromatic heterocycles. The molecule has 1 heterocycles. The zero-order valence-corrected chi connectivity index (χ0v) is 11.9. The highest BCUT2D eigenvalue weighted by atomic mass is 32.2. The average molecular weight is 277 g/mol. The SMILES string of the molecule is CCC(=O)n1nc(-c2ccc(OC)cc2)nc1SC. The van der Waals surface area contributed by atoms with Crippen molar-refractivity contribution < 1.29 is 9.53 Å². The van der Waals surface area contributed by atoms with Gasteiger partial charge in [-0.25, -0.2) is 4.98 Å². The van der Waals surface area contributed by atoms with Crippen molar-refractivity contribution in [1.29, 1.82) is 0 Å². The maximum atomic E-state index is 11.8. The fourth-order valence-corrected chi connectivity index (χ4v) is 2.10. The van der Waals surface area contributed by atoms with Crippen LogP contribution in [0.15, 0.2) is 29.4 Å². The summed E-state index contributed by atoms with van der Waals surface area (Å²) in [5, 5.41) is 4.88. The van der Waals surface area contributed by atoms with Crippen molar-refractivity contribution >= 4 is 17.7 Å². The number of rotatable bonds is 4. The Hall–Kier alpha value is -1.82. The van der Waals surface area contributed by atoms with Crippen LogP contribution in [0, 0.1) is 0 Å². The second-order valence-electron chi connectivity index (χ2n) is 3.81. The number of methoxy groups -OCH3 is 1. The average Bonchev–Trinajstić information content (AvgIpc) is 2.90. The van der Waals surface area contributed by atoms with E-state index in [0.29, 0.717) is 17.4 Å². The molecule has 0 N–H and O–H groups in total. The van der Waals surface area contributed by atoms with Gasteiger partial charge in [0.15, 0.2) is 11.0 Å². The highest BCUT2D eigenvalue weighted by Crippen LogP contribution is 2.22. The van der Waals surface area contributed by atoms with E-state index in [9.17, 15) is 4.79 Å². The minimum absolute atomic E-state index is 0.0587. The molecular formula is C13H15N3O2S. The molecule has 2 aromatic rings. The second-order valence-corrected chi connectivity index (χ2v) is 4.58. The summed E-state index contributed by atoms with van der Waals surface area (Å²) >= 11 is 1.41. The number of nitrogens with zero attached hydrogens (tertiary/aromatic N) is 3. The van der Waals surface area contributed by atoms with Crippen LogP contribution in [0.2, 0.25) is 0 Å². The summed E-state index contributed by atoms with van der Waals surface area (Å²) < 4.78 is 6.47. The van der Waals surface area contributed by atoms with Crippen molar-refractivity contribution in [3.63, 3.8) is 0 Å². The highest BCUT2D eigenvalue weighted by molar-refractivity contribution is 7.98. The van der Waals surface area contributed by atoms with E-state index in [0.717, 1.165) is 11.3 Å². The van der Waals surface area contributed by atoms with E-state index in [4.69, 9.17) is 4.74 Å². The number of thioether (sulfide) groups is 1. The van der Waals surface area contributed by atoms with E-state index in [1.165, 1.54) is 16.4 Å². The molecule has 0 saturated heterocycles. The largest absolute Gasteiger partial charge is 0.497 e. The Morgan fingerprint density at radius 3 is 2.58 bits per heavy atom. The van der Waals surface area contributed by atoms with Gasteiger partial charge in [-0.2, -0.15) is 4.68 Å². The highest BCUT2D eigenvalue weighted by Gasteiger charge is 2.15. The van der Waals surface area contributed by atoms with Crippen LogP contribution in [0.3, 0.4) is 0 Å². The molecular weight excluding hydrogens is 262 g/mol. The van der Waals surface area contributed by atoms with Crippen LogP contribution in [0.5, 0.6) is 5.75 Å². The lowest BCUT2D eigenvalue weighted by atomic mass is 10.2.